The summed E-state index contributed by atoms with van der Waals surface area (Å²) in [5.41, 5.74) is -17.4. The molecule has 6 heterocycles. The van der Waals surface area contributed by atoms with Gasteiger partial charge in [-0.25, -0.2) is 24.0 Å². The molecule has 7 aromatic carbocycles. The van der Waals surface area contributed by atoms with Crippen molar-refractivity contribution in [3.63, 3.8) is 0 Å². The average Bonchev–Trinajstić information content (AvgIpc) is 1.29. The van der Waals surface area contributed by atoms with Crippen LogP contribution in [0.5, 0.6) is 115 Å². The van der Waals surface area contributed by atoms with Crippen molar-refractivity contribution in [1.82, 2.24) is 0 Å². The second-order valence-corrected chi connectivity index (χ2v) is 20.3. The fourth-order valence-corrected chi connectivity index (χ4v) is 11.6. The molecule has 0 saturated carbocycles. The lowest BCUT2D eigenvalue weighted by atomic mass is 9.73. The summed E-state index contributed by atoms with van der Waals surface area (Å²) < 4.78 is 35.9. The van der Waals surface area contributed by atoms with Crippen LogP contribution in [0.1, 0.15) is 86.1 Å². The molecule has 0 saturated heterocycles. The Labute approximate surface area is 479 Å². The van der Waals surface area contributed by atoms with Crippen LogP contribution in [0.4, 0.5) is 0 Å². The molecule has 31 nitrogen and oxygen atoms in total. The summed E-state index contributed by atoms with van der Waals surface area (Å²) in [5.74, 6) is -40.6. The number of carbonyl (C=O) groups excluding carboxylic acids is 5. The summed E-state index contributed by atoms with van der Waals surface area (Å²) in [5, 5.41) is 228. The van der Waals surface area contributed by atoms with Gasteiger partial charge in [-0.1, -0.05) is 6.07 Å². The summed E-state index contributed by atoms with van der Waals surface area (Å²) in [4.78, 5) is 76.2. The molecule has 0 radical (unpaired) electrons. The van der Waals surface area contributed by atoms with Gasteiger partial charge in [0.05, 0.1) is 39.8 Å². The number of phenolic OH excluding ortho intramolecular Hbond substituents is 19. The third-order valence-corrected chi connectivity index (χ3v) is 15.5. The maximum absolute atomic E-state index is 15.9. The Morgan fingerprint density at radius 1 is 0.345 bits per heavy atom. The summed E-state index contributed by atoms with van der Waals surface area (Å²) >= 11 is 0. The number of aromatic hydroxyl groups is 19. The monoisotopic (exact) mass is 1210 g/mol. The fraction of sp³-hybridized carbons (Fsp3) is 0.161. The van der Waals surface area contributed by atoms with Crippen LogP contribution in [0, 0.1) is 0 Å². The van der Waals surface area contributed by atoms with Crippen molar-refractivity contribution < 1.29 is 155 Å². The van der Waals surface area contributed by atoms with Crippen molar-refractivity contribution in [2.24, 2.45) is 0 Å². The number of esters is 5. The Morgan fingerprint density at radius 2 is 0.805 bits per heavy atom. The number of rotatable bonds is 2. The minimum atomic E-state index is -3.01. The quantitative estimate of drug-likeness (QED) is 0.0671. The molecule has 7 atom stereocenters. The highest BCUT2D eigenvalue weighted by molar-refractivity contribution is 6.17. The van der Waals surface area contributed by atoms with E-state index in [9.17, 15) is 107 Å². The molecule has 87 heavy (non-hydrogen) atoms. The van der Waals surface area contributed by atoms with Crippen LogP contribution in [0.15, 0.2) is 42.5 Å². The van der Waals surface area contributed by atoms with Crippen LogP contribution >= 0.6 is 0 Å². The molecule has 6 aliphatic rings. The molecule has 0 fully saturated rings. The number of ether oxygens (including phenoxy) is 6. The number of aliphatic hydroxyl groups is 1. The highest BCUT2D eigenvalue weighted by Crippen LogP contribution is 2.64. The molecule has 20 N–H and O–H groups in total. The van der Waals surface area contributed by atoms with E-state index in [0.717, 1.165) is 18.2 Å². The predicted octanol–water partition coefficient (Wildman–Crippen LogP) is 3.28. The van der Waals surface area contributed by atoms with E-state index in [-0.39, 0.29) is 11.6 Å². The Morgan fingerprint density at radius 3 is 1.37 bits per heavy atom. The second kappa shape index (κ2) is 18.9. The summed E-state index contributed by atoms with van der Waals surface area (Å²) in [6.45, 7) is -1.64. The number of carbonyl (C=O) groups is 5. The molecular weight excluding hydrogens is 1170 g/mol. The molecule has 0 aromatic heterocycles. The van der Waals surface area contributed by atoms with Gasteiger partial charge in [0.15, 0.2) is 93.4 Å². The van der Waals surface area contributed by atoms with Gasteiger partial charge in [-0.05, 0) is 35.9 Å². The Bertz CT molecular complexity index is 4350. The number of fused-ring (bicyclic) bond motifs is 8. The Balaban J connectivity index is 1.24. The maximum Gasteiger partial charge on any atom is 0.340 e. The molecule has 31 heteroatoms. The molecule has 0 spiro atoms. The van der Waals surface area contributed by atoms with Gasteiger partial charge >= 0.3 is 29.8 Å². The predicted molar refractivity (Wildman–Crippen MR) is 276 cm³/mol. The normalized spacial score (nSPS) is 20.9. The zero-order valence-corrected chi connectivity index (χ0v) is 42.9. The largest absolute Gasteiger partial charge is 0.507 e. The van der Waals surface area contributed by atoms with Crippen LogP contribution in [0.3, 0.4) is 0 Å². The number of benzene rings is 7. The molecule has 6 bridgehead atoms. The number of cyclic esters (lactones) is 1. The third-order valence-electron chi connectivity index (χ3n) is 15.5. The first kappa shape index (κ1) is 55.4. The van der Waals surface area contributed by atoms with Gasteiger partial charge in [-0.3, -0.25) is 0 Å². The number of hydrogen-bond donors (Lipinski definition) is 20. The number of phenols is 19. The lowest BCUT2D eigenvalue weighted by Gasteiger charge is -2.43. The molecule has 13 rings (SSSR count). The lowest BCUT2D eigenvalue weighted by molar-refractivity contribution is -0.135. The van der Waals surface area contributed by atoms with Crippen LogP contribution in [0.2, 0.25) is 0 Å². The van der Waals surface area contributed by atoms with Crippen LogP contribution < -0.4 is 4.74 Å². The summed E-state index contributed by atoms with van der Waals surface area (Å²) in [6, 6.07) is 4.59. The van der Waals surface area contributed by atoms with Crippen molar-refractivity contribution in [2.45, 2.75) is 49.0 Å². The van der Waals surface area contributed by atoms with Crippen molar-refractivity contribution in [3.05, 3.63) is 92.5 Å². The fourth-order valence-electron chi connectivity index (χ4n) is 11.6. The van der Waals surface area contributed by atoms with E-state index < -0.39 is 278 Å². The first-order valence-electron chi connectivity index (χ1n) is 25.0. The van der Waals surface area contributed by atoms with Gasteiger partial charge in [-0.2, -0.15) is 0 Å². The van der Waals surface area contributed by atoms with Gasteiger partial charge in [0.1, 0.15) is 30.0 Å². The van der Waals surface area contributed by atoms with Gasteiger partial charge in [0.25, 0.3) is 0 Å². The Hall–Kier alpha value is -12.2. The van der Waals surface area contributed by atoms with Crippen LogP contribution in [0.25, 0.3) is 33.4 Å². The highest BCUT2D eigenvalue weighted by Gasteiger charge is 2.58. The zero-order chi connectivity index (χ0) is 62.7. The van der Waals surface area contributed by atoms with Crippen LogP contribution in [-0.2, 0) is 30.1 Å². The van der Waals surface area contributed by atoms with Gasteiger partial charge < -0.3 is 131 Å². The van der Waals surface area contributed by atoms with Gasteiger partial charge in [-0.15, -0.1) is 0 Å². The molecule has 6 aliphatic heterocycles. The van der Waals surface area contributed by atoms with Gasteiger partial charge in [0.2, 0.25) is 28.7 Å². The first-order valence-corrected chi connectivity index (χ1v) is 25.0. The average molecular weight is 1210 g/mol. The molecule has 0 aliphatic carbocycles. The smallest absolute Gasteiger partial charge is 0.340 e. The Kier molecular flexibility index (Phi) is 12.1. The number of hydrogen-bond acceptors (Lipinski definition) is 31. The molecule has 0 amide bonds. The maximum atomic E-state index is 15.9. The SMILES string of the molecule is O=C1OC[C@H]2OC(=O)c3cc(O)c(O)c(O)c3-c3c(O)c(O)c(O)c4c3C(=O)O[C@H]([C@H]3OC(=O)c5c-4c(O)c(O)c(O)c5[C@H]3c3c(O)cc(O)c4c3O[C@H](c3ccc(O)c(O)c3)[C@H](O)C4)[C@@H]2OC(=O)c2cc(O)c(O)c(O)c2-c2c1cc(O)c(O)c2O. The second-order valence-electron chi connectivity index (χ2n) is 20.3. The van der Waals surface area contributed by atoms with E-state index in [1.54, 1.807) is 0 Å². The molecule has 0 unspecified atom stereocenters. The van der Waals surface area contributed by atoms with E-state index >= 15 is 19.2 Å². The van der Waals surface area contributed by atoms with Crippen molar-refractivity contribution >= 4 is 29.8 Å². The van der Waals surface area contributed by atoms with E-state index in [2.05, 4.69) is 0 Å². The molecule has 7 aromatic rings. The van der Waals surface area contributed by atoms with Crippen LogP contribution in [-0.4, -0.2) is 169 Å². The van der Waals surface area contributed by atoms with E-state index in [1.807, 2.05) is 0 Å². The molecule has 448 valence electrons. The van der Waals surface area contributed by atoms with E-state index in [1.165, 1.54) is 0 Å². The van der Waals surface area contributed by atoms with Crippen molar-refractivity contribution in [1.29, 1.82) is 0 Å². The topological polar surface area (TPSA) is 545 Å². The first-order chi connectivity index (χ1) is 41.0. The van der Waals surface area contributed by atoms with Crippen molar-refractivity contribution in [3.8, 4) is 148 Å². The van der Waals surface area contributed by atoms with Gasteiger partial charge in [0, 0.05) is 62.6 Å². The minimum Gasteiger partial charge on any atom is -0.507 e. The van der Waals surface area contributed by atoms with Crippen molar-refractivity contribution in [2.75, 3.05) is 6.61 Å². The summed E-state index contributed by atoms with van der Waals surface area (Å²) in [6.07, 6.45) is -15.7. The minimum absolute atomic E-state index is 0.140. The lowest BCUT2D eigenvalue weighted by Crippen LogP contribution is -2.56. The summed E-state index contributed by atoms with van der Waals surface area (Å²) in [7, 11) is 0. The third kappa shape index (κ3) is 7.75. The highest BCUT2D eigenvalue weighted by atomic mass is 16.6. The standard InChI is InChI=1S/C56H38O31/c57-15-2-1-10(3-17(15)59)47-22(64)4-11-16(58)8-18(60)27(48(11)84-47)32-31-34-30(43(73)46(76)44(31)74)29-33-28(41(71)45(75)42(29)72)26-14(7-21(63)37(67)40(26)70)53(78)83-23-9-82-52(77)12-5-19(61)35(65)38(68)24(12)25-13(6-20(62)36(66)39(25)69)54(79)85-49(23)51(87-56(33)81)50(32)86-55(34)80/h1-3,5-8,22-23,32,47,49-51,57-76H,4,9H2/t22-,23-,32-,47-,49-,50+,51+/m1/s1. The number of aliphatic hydroxyl groups excluding tert-OH is 1. The van der Waals surface area contributed by atoms with E-state index in [0.29, 0.717) is 18.2 Å². The van der Waals surface area contributed by atoms with E-state index in [4.69, 9.17) is 28.4 Å². The zero-order valence-electron chi connectivity index (χ0n) is 42.9. The molecular formula is C56H38O31.